The molecule has 3 N–H and O–H groups in total. The lowest BCUT2D eigenvalue weighted by Gasteiger charge is -2.11. The number of benzene rings is 2. The fraction of sp³-hybridized carbons (Fsp3) is 0.0714. The number of thiocarbonyl (C=S) groups is 1. The molecular formula is C14H11BrFNO2S. The van der Waals surface area contributed by atoms with Gasteiger partial charge in [-0.05, 0) is 45.8 Å². The van der Waals surface area contributed by atoms with Gasteiger partial charge in [-0.25, -0.2) is 4.39 Å². The predicted molar refractivity (Wildman–Crippen MR) is 82.4 cm³/mol. The van der Waals surface area contributed by atoms with Crippen LogP contribution in [0.1, 0.15) is 11.1 Å². The number of ether oxygens (including phenoxy) is 1. The summed E-state index contributed by atoms with van der Waals surface area (Å²) in [4.78, 5) is 0.101. The van der Waals surface area contributed by atoms with E-state index >= 15 is 0 Å². The number of nitrogens with two attached hydrogens (primary N) is 1. The fourth-order valence-electron chi connectivity index (χ4n) is 1.64. The van der Waals surface area contributed by atoms with E-state index in [0.29, 0.717) is 16.9 Å². The molecule has 20 heavy (non-hydrogen) atoms. The molecule has 0 radical (unpaired) electrons. The molecule has 0 atom stereocenters. The molecule has 0 saturated heterocycles. The highest BCUT2D eigenvalue weighted by Crippen LogP contribution is 2.32. The third-order valence-corrected chi connectivity index (χ3v) is 3.62. The van der Waals surface area contributed by atoms with Crippen LogP contribution < -0.4 is 10.5 Å². The van der Waals surface area contributed by atoms with Crippen LogP contribution in [0.15, 0.2) is 40.9 Å². The second-order valence-electron chi connectivity index (χ2n) is 4.01. The van der Waals surface area contributed by atoms with E-state index in [0.717, 1.165) is 0 Å². The molecule has 0 amide bonds. The zero-order chi connectivity index (χ0) is 14.7. The average Bonchev–Trinajstić information content (AvgIpc) is 2.44. The van der Waals surface area contributed by atoms with Crippen LogP contribution in [-0.2, 0) is 6.61 Å². The Hall–Kier alpha value is -1.50. The Labute approximate surface area is 129 Å². The number of aliphatic hydroxyl groups excluding tert-OH is 1. The fourth-order valence-corrected chi connectivity index (χ4v) is 2.48. The van der Waals surface area contributed by atoms with E-state index in [1.165, 1.54) is 6.07 Å². The number of aliphatic hydroxyl groups is 1. The first kappa shape index (κ1) is 14.9. The van der Waals surface area contributed by atoms with Gasteiger partial charge in [-0.15, -0.1) is 0 Å². The Morgan fingerprint density at radius 3 is 2.75 bits per heavy atom. The standard InChI is InChI=1S/C14H11BrFNO2S/c15-12-10(14(17)20)4-5-11(13(12)16)19-9-3-1-2-8(6-9)7-18/h1-6,18H,7H2,(H2,17,20). The van der Waals surface area contributed by atoms with Crippen LogP contribution in [0.5, 0.6) is 11.5 Å². The molecule has 0 fully saturated rings. The van der Waals surface area contributed by atoms with Crippen molar-refractivity contribution in [1.82, 2.24) is 0 Å². The summed E-state index contributed by atoms with van der Waals surface area (Å²) in [5.74, 6) is -0.0953. The van der Waals surface area contributed by atoms with E-state index in [4.69, 9.17) is 27.8 Å². The second kappa shape index (κ2) is 6.30. The lowest BCUT2D eigenvalue weighted by molar-refractivity contribution is 0.281. The molecule has 2 rings (SSSR count). The number of halogens is 2. The summed E-state index contributed by atoms with van der Waals surface area (Å²) in [7, 11) is 0. The summed E-state index contributed by atoms with van der Waals surface area (Å²) in [6.45, 7) is -0.107. The van der Waals surface area contributed by atoms with Crippen LogP contribution in [0.2, 0.25) is 0 Å². The van der Waals surface area contributed by atoms with Gasteiger partial charge >= 0.3 is 0 Å². The highest BCUT2D eigenvalue weighted by molar-refractivity contribution is 9.10. The maximum atomic E-state index is 14.2. The van der Waals surface area contributed by atoms with Gasteiger partial charge in [0.2, 0.25) is 0 Å². The van der Waals surface area contributed by atoms with Crippen LogP contribution in [0, 0.1) is 5.82 Å². The molecule has 0 spiro atoms. The Morgan fingerprint density at radius 1 is 1.35 bits per heavy atom. The SMILES string of the molecule is NC(=S)c1ccc(Oc2cccc(CO)c2)c(F)c1Br. The lowest BCUT2D eigenvalue weighted by atomic mass is 10.2. The summed E-state index contributed by atoms with van der Waals surface area (Å²) < 4.78 is 19.8. The van der Waals surface area contributed by atoms with Gasteiger partial charge in [-0.3, -0.25) is 0 Å². The van der Waals surface area contributed by atoms with Crippen LogP contribution in [-0.4, -0.2) is 10.1 Å². The first-order valence-corrected chi connectivity index (χ1v) is 6.88. The van der Waals surface area contributed by atoms with E-state index in [9.17, 15) is 4.39 Å². The molecule has 0 aromatic heterocycles. The molecule has 2 aromatic carbocycles. The summed E-state index contributed by atoms with van der Waals surface area (Å²) in [6, 6.07) is 9.82. The normalized spacial score (nSPS) is 10.3. The molecule has 104 valence electrons. The zero-order valence-corrected chi connectivity index (χ0v) is 12.7. The summed E-state index contributed by atoms with van der Waals surface area (Å²) in [5.41, 5.74) is 6.58. The number of hydrogen-bond donors (Lipinski definition) is 2. The maximum Gasteiger partial charge on any atom is 0.180 e. The Morgan fingerprint density at radius 2 is 2.10 bits per heavy atom. The minimum atomic E-state index is -0.579. The second-order valence-corrected chi connectivity index (χ2v) is 5.24. The lowest BCUT2D eigenvalue weighted by Crippen LogP contribution is -2.11. The van der Waals surface area contributed by atoms with Crippen molar-refractivity contribution in [2.75, 3.05) is 0 Å². The van der Waals surface area contributed by atoms with Crippen molar-refractivity contribution in [3.05, 3.63) is 57.8 Å². The minimum absolute atomic E-state index is 0.0481. The topological polar surface area (TPSA) is 55.5 Å². The van der Waals surface area contributed by atoms with Gasteiger partial charge in [0, 0.05) is 5.56 Å². The predicted octanol–water partition coefficient (Wildman–Crippen LogP) is 3.51. The van der Waals surface area contributed by atoms with E-state index < -0.39 is 5.82 Å². The Bertz CT molecular complexity index is 664. The molecule has 2 aromatic rings. The molecular weight excluding hydrogens is 345 g/mol. The first-order chi connectivity index (χ1) is 9.52. The van der Waals surface area contributed by atoms with Crippen molar-refractivity contribution in [3.8, 4) is 11.5 Å². The van der Waals surface area contributed by atoms with Gasteiger partial charge in [-0.2, -0.15) is 0 Å². The molecule has 0 aliphatic carbocycles. The molecule has 0 aliphatic rings. The molecule has 0 saturated carbocycles. The van der Waals surface area contributed by atoms with E-state index in [2.05, 4.69) is 15.9 Å². The smallest absolute Gasteiger partial charge is 0.180 e. The Kier molecular flexibility index (Phi) is 4.69. The van der Waals surface area contributed by atoms with Crippen LogP contribution >= 0.6 is 28.1 Å². The van der Waals surface area contributed by atoms with Gasteiger partial charge in [0.1, 0.15) is 10.7 Å². The van der Waals surface area contributed by atoms with Crippen molar-refractivity contribution in [2.24, 2.45) is 5.73 Å². The molecule has 0 unspecified atom stereocenters. The van der Waals surface area contributed by atoms with Gasteiger partial charge in [0.15, 0.2) is 11.6 Å². The van der Waals surface area contributed by atoms with E-state index in [1.807, 2.05) is 0 Å². The van der Waals surface area contributed by atoms with Crippen molar-refractivity contribution in [1.29, 1.82) is 0 Å². The summed E-state index contributed by atoms with van der Waals surface area (Å²) in [6.07, 6.45) is 0. The third-order valence-electron chi connectivity index (χ3n) is 2.62. The highest BCUT2D eigenvalue weighted by atomic mass is 79.9. The van der Waals surface area contributed by atoms with Gasteiger partial charge in [0.05, 0.1) is 11.1 Å². The van der Waals surface area contributed by atoms with Gasteiger partial charge < -0.3 is 15.6 Å². The van der Waals surface area contributed by atoms with Crippen LogP contribution in [0.25, 0.3) is 0 Å². The van der Waals surface area contributed by atoms with Crippen molar-refractivity contribution < 1.29 is 14.2 Å². The van der Waals surface area contributed by atoms with Crippen LogP contribution in [0.4, 0.5) is 4.39 Å². The van der Waals surface area contributed by atoms with Crippen molar-refractivity contribution in [2.45, 2.75) is 6.61 Å². The van der Waals surface area contributed by atoms with Gasteiger partial charge in [-0.1, -0.05) is 24.4 Å². The highest BCUT2D eigenvalue weighted by Gasteiger charge is 2.14. The van der Waals surface area contributed by atoms with Crippen molar-refractivity contribution in [3.63, 3.8) is 0 Å². The van der Waals surface area contributed by atoms with Crippen molar-refractivity contribution >= 4 is 33.1 Å². The summed E-state index contributed by atoms with van der Waals surface area (Å²) in [5, 5.41) is 9.06. The van der Waals surface area contributed by atoms with Gasteiger partial charge in [0.25, 0.3) is 0 Å². The minimum Gasteiger partial charge on any atom is -0.454 e. The molecule has 0 bridgehead atoms. The first-order valence-electron chi connectivity index (χ1n) is 5.68. The summed E-state index contributed by atoms with van der Waals surface area (Å²) >= 11 is 7.94. The molecule has 0 heterocycles. The largest absolute Gasteiger partial charge is 0.454 e. The quantitative estimate of drug-likeness (QED) is 0.824. The average molecular weight is 356 g/mol. The molecule has 6 heteroatoms. The molecule has 0 aliphatic heterocycles. The monoisotopic (exact) mass is 355 g/mol. The van der Waals surface area contributed by atoms with E-state index in [1.54, 1.807) is 30.3 Å². The van der Waals surface area contributed by atoms with Crippen LogP contribution in [0.3, 0.4) is 0 Å². The number of hydrogen-bond acceptors (Lipinski definition) is 3. The van der Waals surface area contributed by atoms with E-state index in [-0.39, 0.29) is 21.8 Å². The number of rotatable bonds is 4. The maximum absolute atomic E-state index is 14.2. The Balaban J connectivity index is 2.34. The molecule has 3 nitrogen and oxygen atoms in total. The third kappa shape index (κ3) is 3.15. The zero-order valence-electron chi connectivity index (χ0n) is 10.3.